The maximum atomic E-state index is 6.02. The predicted octanol–water partition coefficient (Wildman–Crippen LogP) is 4.51. The summed E-state index contributed by atoms with van der Waals surface area (Å²) in [6.45, 7) is 0.751. The number of nitrogens with zero attached hydrogens (tertiary/aromatic N) is 1. The molecule has 0 atom stereocenters. The molecule has 0 saturated carbocycles. The molecule has 0 spiro atoms. The lowest BCUT2D eigenvalue weighted by atomic mass is 10.2. The lowest BCUT2D eigenvalue weighted by molar-refractivity contribution is 0.475. The van der Waals surface area contributed by atoms with Gasteiger partial charge in [0.05, 0.1) is 5.52 Å². The number of benzene rings is 2. The summed E-state index contributed by atoms with van der Waals surface area (Å²) < 4.78 is 7.07. The molecule has 0 aliphatic heterocycles. The summed E-state index contributed by atoms with van der Waals surface area (Å²) in [7, 11) is 1.92. The van der Waals surface area contributed by atoms with Crippen LogP contribution in [0.1, 0.15) is 5.56 Å². The lowest BCUT2D eigenvalue weighted by Crippen LogP contribution is -2.06. The molecule has 0 unspecified atom stereocenters. The predicted molar refractivity (Wildman–Crippen MR) is 88.7 cm³/mol. The molecule has 1 heterocycles. The van der Waals surface area contributed by atoms with E-state index in [9.17, 15) is 0 Å². The number of hydrogen-bond acceptors (Lipinski definition) is 3. The van der Waals surface area contributed by atoms with E-state index < -0.39 is 0 Å². The number of fused-ring (bicyclic) bond motifs is 1. The second-order valence-electron chi connectivity index (χ2n) is 4.74. The molecule has 1 aromatic heterocycles. The highest BCUT2D eigenvalue weighted by atomic mass is 79.9. The average molecular weight is 343 g/mol. The van der Waals surface area contributed by atoms with E-state index in [1.807, 2.05) is 49.5 Å². The van der Waals surface area contributed by atoms with Crippen molar-refractivity contribution in [2.75, 3.05) is 7.05 Å². The Kier molecular flexibility index (Phi) is 4.18. The van der Waals surface area contributed by atoms with Gasteiger partial charge in [0, 0.05) is 34.2 Å². The molecule has 3 rings (SSSR count). The van der Waals surface area contributed by atoms with Crippen LogP contribution in [0, 0.1) is 0 Å². The van der Waals surface area contributed by atoms with Crippen molar-refractivity contribution >= 4 is 26.8 Å². The van der Waals surface area contributed by atoms with Gasteiger partial charge in [-0.25, -0.2) is 0 Å². The van der Waals surface area contributed by atoms with Gasteiger partial charge in [0.25, 0.3) is 0 Å². The van der Waals surface area contributed by atoms with Crippen molar-refractivity contribution in [2.24, 2.45) is 0 Å². The Hall–Kier alpha value is -1.91. The van der Waals surface area contributed by atoms with Crippen LogP contribution in [-0.2, 0) is 6.54 Å². The average Bonchev–Trinajstić information content (AvgIpc) is 2.50. The third-order valence-corrected chi connectivity index (χ3v) is 3.69. The van der Waals surface area contributed by atoms with Crippen LogP contribution in [0.3, 0.4) is 0 Å². The van der Waals surface area contributed by atoms with Crippen LogP contribution in [-0.4, -0.2) is 12.0 Å². The van der Waals surface area contributed by atoms with Crippen molar-refractivity contribution in [2.45, 2.75) is 6.54 Å². The van der Waals surface area contributed by atoms with E-state index in [2.05, 4.69) is 32.3 Å². The zero-order valence-electron chi connectivity index (χ0n) is 11.6. The molecular weight excluding hydrogens is 328 g/mol. The summed E-state index contributed by atoms with van der Waals surface area (Å²) >= 11 is 3.49. The van der Waals surface area contributed by atoms with Gasteiger partial charge in [-0.15, -0.1) is 0 Å². The summed E-state index contributed by atoms with van der Waals surface area (Å²) in [5, 5.41) is 4.26. The third kappa shape index (κ3) is 3.23. The molecule has 0 fully saturated rings. The number of aromatic nitrogens is 1. The highest BCUT2D eigenvalue weighted by molar-refractivity contribution is 9.10. The zero-order valence-corrected chi connectivity index (χ0v) is 13.2. The van der Waals surface area contributed by atoms with Crippen molar-refractivity contribution in [1.82, 2.24) is 10.3 Å². The van der Waals surface area contributed by atoms with Crippen LogP contribution in [0.5, 0.6) is 11.5 Å². The summed E-state index contributed by atoms with van der Waals surface area (Å²) in [5.74, 6) is 1.64. The molecule has 4 heteroatoms. The van der Waals surface area contributed by atoms with Crippen molar-refractivity contribution in [3.05, 3.63) is 64.8 Å². The third-order valence-electron chi connectivity index (χ3n) is 3.19. The molecule has 106 valence electrons. The first-order chi connectivity index (χ1) is 10.3. The largest absolute Gasteiger partial charge is 0.457 e. The van der Waals surface area contributed by atoms with Crippen LogP contribution in [0.2, 0.25) is 0 Å². The molecule has 0 amide bonds. The minimum absolute atomic E-state index is 0.751. The van der Waals surface area contributed by atoms with Crippen molar-refractivity contribution in [1.29, 1.82) is 0 Å². The Morgan fingerprint density at radius 1 is 1.14 bits per heavy atom. The van der Waals surface area contributed by atoms with Gasteiger partial charge in [-0.05, 0) is 43.4 Å². The van der Waals surface area contributed by atoms with Gasteiger partial charge in [0.2, 0.25) is 0 Å². The normalized spacial score (nSPS) is 10.8. The minimum Gasteiger partial charge on any atom is -0.457 e. The first kappa shape index (κ1) is 14.0. The summed E-state index contributed by atoms with van der Waals surface area (Å²) in [5.41, 5.74) is 2.04. The van der Waals surface area contributed by atoms with E-state index in [0.717, 1.165) is 39.0 Å². The fourth-order valence-corrected chi connectivity index (χ4v) is 2.62. The molecule has 0 aliphatic rings. The number of hydrogen-bond donors (Lipinski definition) is 1. The molecule has 1 N–H and O–H groups in total. The number of rotatable bonds is 4. The fraction of sp³-hybridized carbons (Fsp3) is 0.118. The second kappa shape index (κ2) is 6.24. The second-order valence-corrected chi connectivity index (χ2v) is 5.66. The van der Waals surface area contributed by atoms with E-state index in [0.29, 0.717) is 0 Å². The Bertz CT molecular complexity index is 774. The van der Waals surface area contributed by atoms with Gasteiger partial charge in [-0.1, -0.05) is 22.0 Å². The van der Waals surface area contributed by atoms with Crippen LogP contribution in [0.15, 0.2) is 59.2 Å². The number of halogens is 1. The van der Waals surface area contributed by atoms with Gasteiger partial charge in [-0.3, -0.25) is 4.98 Å². The number of ether oxygens (including phenoxy) is 1. The number of pyridine rings is 1. The Morgan fingerprint density at radius 3 is 2.90 bits per heavy atom. The van der Waals surface area contributed by atoms with Gasteiger partial charge < -0.3 is 10.1 Å². The molecule has 2 aromatic carbocycles. The van der Waals surface area contributed by atoms with Gasteiger partial charge in [0.1, 0.15) is 11.5 Å². The van der Waals surface area contributed by atoms with Gasteiger partial charge in [0.15, 0.2) is 0 Å². The Morgan fingerprint density at radius 2 is 2.05 bits per heavy atom. The SMILES string of the molecule is CNCc1cc(Br)ccc1Oc1ccc2cccnc2c1. The molecule has 3 nitrogen and oxygen atoms in total. The van der Waals surface area contributed by atoms with E-state index in [-0.39, 0.29) is 0 Å². The summed E-state index contributed by atoms with van der Waals surface area (Å²) in [4.78, 5) is 4.36. The van der Waals surface area contributed by atoms with Crippen LogP contribution in [0.25, 0.3) is 10.9 Å². The van der Waals surface area contributed by atoms with Crippen molar-refractivity contribution in [3.8, 4) is 11.5 Å². The maximum Gasteiger partial charge on any atom is 0.131 e. The van der Waals surface area contributed by atoms with Gasteiger partial charge in [-0.2, -0.15) is 0 Å². The first-order valence-corrected chi connectivity index (χ1v) is 7.51. The molecular formula is C17H15BrN2O. The molecule has 0 radical (unpaired) electrons. The van der Waals surface area contributed by atoms with Gasteiger partial charge >= 0.3 is 0 Å². The maximum absolute atomic E-state index is 6.02. The Balaban J connectivity index is 1.94. The van der Waals surface area contributed by atoms with E-state index in [4.69, 9.17) is 4.74 Å². The minimum atomic E-state index is 0.751. The molecule has 0 aliphatic carbocycles. The molecule has 0 bridgehead atoms. The molecule has 3 aromatic rings. The van der Waals surface area contributed by atoms with Crippen LogP contribution in [0.4, 0.5) is 0 Å². The van der Waals surface area contributed by atoms with Crippen LogP contribution < -0.4 is 10.1 Å². The highest BCUT2D eigenvalue weighted by Gasteiger charge is 2.06. The standard InChI is InChI=1S/C17H15BrN2O/c1-19-11-13-9-14(18)5-7-17(13)21-15-6-4-12-3-2-8-20-16(12)10-15/h2-10,19H,11H2,1H3. The summed E-state index contributed by atoms with van der Waals surface area (Å²) in [6, 6.07) is 15.9. The van der Waals surface area contributed by atoms with Crippen molar-refractivity contribution < 1.29 is 4.74 Å². The lowest BCUT2D eigenvalue weighted by Gasteiger charge is -2.12. The first-order valence-electron chi connectivity index (χ1n) is 6.72. The molecule has 0 saturated heterocycles. The zero-order chi connectivity index (χ0) is 14.7. The van der Waals surface area contributed by atoms with E-state index >= 15 is 0 Å². The van der Waals surface area contributed by atoms with Crippen molar-refractivity contribution in [3.63, 3.8) is 0 Å². The quantitative estimate of drug-likeness (QED) is 0.757. The fourth-order valence-electron chi connectivity index (χ4n) is 2.21. The Labute approximate surface area is 132 Å². The number of nitrogens with one attached hydrogen (secondary N) is 1. The molecule has 21 heavy (non-hydrogen) atoms. The monoisotopic (exact) mass is 342 g/mol. The van der Waals surface area contributed by atoms with Crippen LogP contribution >= 0.6 is 15.9 Å². The topological polar surface area (TPSA) is 34.1 Å². The summed E-state index contributed by atoms with van der Waals surface area (Å²) in [6.07, 6.45) is 1.79. The van der Waals surface area contributed by atoms with E-state index in [1.54, 1.807) is 6.20 Å². The van der Waals surface area contributed by atoms with E-state index in [1.165, 1.54) is 0 Å². The smallest absolute Gasteiger partial charge is 0.131 e. The highest BCUT2D eigenvalue weighted by Crippen LogP contribution is 2.29.